The van der Waals surface area contributed by atoms with Crippen LogP contribution in [-0.2, 0) is 14.4 Å². The van der Waals surface area contributed by atoms with Crippen molar-refractivity contribution in [1.82, 2.24) is 0 Å². The van der Waals surface area contributed by atoms with Crippen LogP contribution in [0.2, 0.25) is 0 Å². The first-order valence-electron chi connectivity index (χ1n) is 9.24. The first kappa shape index (κ1) is 21.3. The third kappa shape index (κ3) is 8.25. The van der Waals surface area contributed by atoms with Crippen LogP contribution in [0.15, 0.2) is 24.3 Å². The summed E-state index contributed by atoms with van der Waals surface area (Å²) < 4.78 is 0. The van der Waals surface area contributed by atoms with Gasteiger partial charge in [0.1, 0.15) is 11.6 Å². The molecular formula is C20H30O5. The average Bonchev–Trinajstić information content (AvgIpc) is 2.82. The molecule has 5 nitrogen and oxygen atoms in total. The van der Waals surface area contributed by atoms with E-state index in [0.29, 0.717) is 25.7 Å². The highest BCUT2D eigenvalue weighted by atomic mass is 16.4. The third-order valence-electron chi connectivity index (χ3n) is 4.53. The summed E-state index contributed by atoms with van der Waals surface area (Å²) in [6, 6.07) is 0. The van der Waals surface area contributed by atoms with E-state index >= 15 is 0 Å². The maximum Gasteiger partial charge on any atom is 0.303 e. The van der Waals surface area contributed by atoms with Gasteiger partial charge in [0, 0.05) is 18.3 Å². The van der Waals surface area contributed by atoms with Crippen molar-refractivity contribution in [1.29, 1.82) is 0 Å². The molecule has 0 aliphatic heterocycles. The van der Waals surface area contributed by atoms with Crippen LogP contribution >= 0.6 is 0 Å². The zero-order valence-electron chi connectivity index (χ0n) is 15.0. The van der Waals surface area contributed by atoms with Crippen molar-refractivity contribution in [2.75, 3.05) is 0 Å². The lowest BCUT2D eigenvalue weighted by Crippen LogP contribution is -2.16. The number of carbonyl (C=O) groups excluding carboxylic acids is 2. The Morgan fingerprint density at radius 1 is 1.20 bits per heavy atom. The molecule has 0 radical (unpaired) electrons. The number of aliphatic hydroxyl groups excluding tert-OH is 1. The highest BCUT2D eigenvalue weighted by Crippen LogP contribution is 2.30. The molecule has 0 aromatic carbocycles. The van der Waals surface area contributed by atoms with Crippen LogP contribution in [0, 0.1) is 11.8 Å². The molecule has 0 heterocycles. The van der Waals surface area contributed by atoms with Gasteiger partial charge in [-0.2, -0.15) is 0 Å². The predicted molar refractivity (Wildman–Crippen MR) is 96.1 cm³/mol. The topological polar surface area (TPSA) is 91.7 Å². The van der Waals surface area contributed by atoms with Gasteiger partial charge in [-0.05, 0) is 25.7 Å². The second kappa shape index (κ2) is 11.7. The summed E-state index contributed by atoms with van der Waals surface area (Å²) in [4.78, 5) is 34.5. The largest absolute Gasteiger partial charge is 0.481 e. The summed E-state index contributed by atoms with van der Waals surface area (Å²) in [5.41, 5.74) is 0. The van der Waals surface area contributed by atoms with E-state index in [1.807, 2.05) is 12.2 Å². The molecule has 0 saturated heterocycles. The number of allylic oxidation sites excluding steroid dienone is 3. The lowest BCUT2D eigenvalue weighted by molar-refractivity contribution is -0.137. The molecule has 3 atom stereocenters. The number of unbranched alkanes of at least 4 members (excludes halogenated alkanes) is 3. The van der Waals surface area contributed by atoms with Crippen molar-refractivity contribution >= 4 is 17.5 Å². The summed E-state index contributed by atoms with van der Waals surface area (Å²) in [6.07, 6.45) is 12.1. The first-order valence-corrected chi connectivity index (χ1v) is 9.24. The number of rotatable bonds is 12. The van der Waals surface area contributed by atoms with Gasteiger partial charge in [0.2, 0.25) is 0 Å². The maximum absolute atomic E-state index is 12.0. The Kier molecular flexibility index (Phi) is 10.0. The number of Topliss-reactive ketones (excluding diaryl/α,β-unsaturated/α-hetero) is 2. The molecule has 1 rings (SSSR count). The number of carbonyl (C=O) groups is 3. The fraction of sp³-hybridized carbons (Fsp3) is 0.650. The van der Waals surface area contributed by atoms with Gasteiger partial charge >= 0.3 is 5.97 Å². The average molecular weight is 350 g/mol. The first-order chi connectivity index (χ1) is 12.0. The fourth-order valence-corrected chi connectivity index (χ4v) is 3.04. The van der Waals surface area contributed by atoms with Gasteiger partial charge in [-0.1, -0.05) is 50.5 Å². The zero-order valence-corrected chi connectivity index (χ0v) is 15.0. The summed E-state index contributed by atoms with van der Waals surface area (Å²) in [6.45, 7) is 2.10. The van der Waals surface area contributed by atoms with Crippen molar-refractivity contribution in [2.45, 2.75) is 70.8 Å². The van der Waals surface area contributed by atoms with Gasteiger partial charge in [-0.25, -0.2) is 0 Å². The van der Waals surface area contributed by atoms with Gasteiger partial charge in [-0.3, -0.25) is 14.4 Å². The monoisotopic (exact) mass is 350 g/mol. The Morgan fingerprint density at radius 2 is 1.96 bits per heavy atom. The second-order valence-corrected chi connectivity index (χ2v) is 6.68. The Balaban J connectivity index is 2.49. The minimum Gasteiger partial charge on any atom is -0.481 e. The molecule has 0 unspecified atom stereocenters. The minimum atomic E-state index is -0.812. The van der Waals surface area contributed by atoms with E-state index < -0.39 is 18.0 Å². The minimum absolute atomic E-state index is 0.0293. The van der Waals surface area contributed by atoms with Crippen molar-refractivity contribution in [3.05, 3.63) is 24.3 Å². The van der Waals surface area contributed by atoms with E-state index in [1.165, 1.54) is 0 Å². The van der Waals surface area contributed by atoms with Crippen LogP contribution in [0.5, 0.6) is 0 Å². The number of aliphatic carboxylic acids is 1. The van der Waals surface area contributed by atoms with Crippen LogP contribution in [0.25, 0.3) is 0 Å². The van der Waals surface area contributed by atoms with E-state index in [0.717, 1.165) is 19.3 Å². The van der Waals surface area contributed by atoms with Crippen LogP contribution in [-0.4, -0.2) is 33.9 Å². The van der Waals surface area contributed by atoms with Gasteiger partial charge in [0.05, 0.1) is 12.5 Å². The molecule has 1 aliphatic carbocycles. The standard InChI is InChI=1S/C20H30O5/c1-2-3-6-9-15(21)12-13-17-16(18(22)14-19(17)23)10-7-4-5-8-11-20(24)25/h4,7,12-13,15-17,21H,2-3,5-6,8-11,14H2,1H3,(H,24,25)/b7-4-,13-12+/t15-,16+,17-/m1/s1. The van der Waals surface area contributed by atoms with E-state index in [1.54, 1.807) is 12.2 Å². The summed E-state index contributed by atoms with van der Waals surface area (Å²) in [5.74, 6) is -1.74. The summed E-state index contributed by atoms with van der Waals surface area (Å²) in [7, 11) is 0. The van der Waals surface area contributed by atoms with E-state index in [9.17, 15) is 19.5 Å². The maximum atomic E-state index is 12.0. The lowest BCUT2D eigenvalue weighted by Gasteiger charge is -2.12. The predicted octanol–water partition coefficient (Wildman–Crippen LogP) is 3.46. The van der Waals surface area contributed by atoms with Crippen LogP contribution in [0.1, 0.15) is 64.7 Å². The van der Waals surface area contributed by atoms with E-state index in [2.05, 4.69) is 6.92 Å². The second-order valence-electron chi connectivity index (χ2n) is 6.68. The molecule has 0 bridgehead atoms. The third-order valence-corrected chi connectivity index (χ3v) is 4.53. The van der Waals surface area contributed by atoms with Crippen molar-refractivity contribution in [3.63, 3.8) is 0 Å². The zero-order chi connectivity index (χ0) is 18.7. The van der Waals surface area contributed by atoms with E-state index in [4.69, 9.17) is 5.11 Å². The summed E-state index contributed by atoms with van der Waals surface area (Å²) in [5, 5.41) is 18.5. The van der Waals surface area contributed by atoms with Crippen molar-refractivity contribution in [3.8, 4) is 0 Å². The molecule has 0 spiro atoms. The molecule has 0 amide bonds. The Hall–Kier alpha value is -1.75. The van der Waals surface area contributed by atoms with E-state index in [-0.39, 0.29) is 30.3 Å². The van der Waals surface area contributed by atoms with Crippen LogP contribution in [0.4, 0.5) is 0 Å². The Bertz CT molecular complexity index is 506. The van der Waals surface area contributed by atoms with Gasteiger partial charge < -0.3 is 10.2 Å². The normalized spacial score (nSPS) is 22.3. The fourth-order valence-electron chi connectivity index (χ4n) is 3.04. The Morgan fingerprint density at radius 3 is 2.64 bits per heavy atom. The number of carboxylic acids is 1. The molecule has 25 heavy (non-hydrogen) atoms. The number of ketones is 2. The Labute approximate surface area is 149 Å². The highest BCUT2D eigenvalue weighted by molar-refractivity contribution is 6.09. The smallest absolute Gasteiger partial charge is 0.303 e. The van der Waals surface area contributed by atoms with Gasteiger partial charge in [-0.15, -0.1) is 0 Å². The number of carboxylic acid groups (broad SMARTS) is 1. The van der Waals surface area contributed by atoms with Crippen molar-refractivity contribution in [2.24, 2.45) is 11.8 Å². The molecule has 5 heteroatoms. The van der Waals surface area contributed by atoms with Crippen LogP contribution < -0.4 is 0 Å². The molecule has 0 aromatic rings. The van der Waals surface area contributed by atoms with Gasteiger partial charge in [0.25, 0.3) is 0 Å². The summed E-state index contributed by atoms with van der Waals surface area (Å²) >= 11 is 0. The number of aliphatic hydroxyl groups is 1. The molecular weight excluding hydrogens is 320 g/mol. The number of hydrogen-bond donors (Lipinski definition) is 2. The van der Waals surface area contributed by atoms with Crippen molar-refractivity contribution < 1.29 is 24.6 Å². The van der Waals surface area contributed by atoms with Crippen LogP contribution in [0.3, 0.4) is 0 Å². The molecule has 1 saturated carbocycles. The lowest BCUT2D eigenvalue weighted by atomic mass is 9.90. The molecule has 140 valence electrons. The highest BCUT2D eigenvalue weighted by Gasteiger charge is 2.38. The molecule has 1 fully saturated rings. The molecule has 1 aliphatic rings. The molecule has 2 N–H and O–H groups in total. The molecule has 0 aromatic heterocycles. The quantitative estimate of drug-likeness (QED) is 0.319. The SMILES string of the molecule is CCCCC[C@@H](O)/C=C/[C@H]1C(=O)CC(=O)[C@H]1C/C=C\CCCC(=O)O. The number of hydrogen-bond acceptors (Lipinski definition) is 4. The van der Waals surface area contributed by atoms with Gasteiger partial charge in [0.15, 0.2) is 0 Å².